The van der Waals surface area contributed by atoms with Gasteiger partial charge in [-0.3, -0.25) is 4.72 Å². The number of hydrogen-bond acceptors (Lipinski definition) is 2. The third kappa shape index (κ3) is 4.66. The molecule has 0 spiro atoms. The van der Waals surface area contributed by atoms with Crippen LogP contribution in [0.2, 0.25) is 0 Å². The largest absolute Gasteiger partial charge is 0.284 e. The van der Waals surface area contributed by atoms with Crippen molar-refractivity contribution in [3.63, 3.8) is 0 Å². The van der Waals surface area contributed by atoms with Crippen molar-refractivity contribution in [2.45, 2.75) is 13.8 Å². The molecule has 0 aliphatic carbocycles. The van der Waals surface area contributed by atoms with Crippen LogP contribution in [0.25, 0.3) is 0 Å². The maximum Gasteiger partial charge on any atom is 0.232 e. The monoisotopic (exact) mass is 291 g/mol. The normalized spacial score (nSPS) is 11.7. The fourth-order valence-electron chi connectivity index (χ4n) is 1.18. The van der Waals surface area contributed by atoms with Crippen LogP contribution in [-0.2, 0) is 10.0 Å². The summed E-state index contributed by atoms with van der Waals surface area (Å²) in [5, 5.41) is 0. The van der Waals surface area contributed by atoms with Gasteiger partial charge in [0.25, 0.3) is 0 Å². The minimum Gasteiger partial charge on any atom is -0.284 e. The van der Waals surface area contributed by atoms with Gasteiger partial charge in [0.1, 0.15) is 0 Å². The van der Waals surface area contributed by atoms with Gasteiger partial charge < -0.3 is 0 Å². The Bertz CT molecular complexity index is 412. The molecule has 84 valence electrons. The van der Waals surface area contributed by atoms with E-state index in [0.29, 0.717) is 5.69 Å². The van der Waals surface area contributed by atoms with Gasteiger partial charge in [-0.25, -0.2) is 8.42 Å². The summed E-state index contributed by atoms with van der Waals surface area (Å²) in [5.74, 6) is 0.265. The second kappa shape index (κ2) is 4.99. The Kier molecular flexibility index (Phi) is 4.16. The van der Waals surface area contributed by atoms with Crippen LogP contribution in [0.5, 0.6) is 0 Å². The average Bonchev–Trinajstić information content (AvgIpc) is 2.06. The summed E-state index contributed by atoms with van der Waals surface area (Å²) in [4.78, 5) is 0. The van der Waals surface area contributed by atoms with E-state index in [4.69, 9.17) is 0 Å². The van der Waals surface area contributed by atoms with E-state index in [2.05, 4.69) is 20.7 Å². The summed E-state index contributed by atoms with van der Waals surface area (Å²) in [6.45, 7) is 3.75. The van der Waals surface area contributed by atoms with Crippen LogP contribution >= 0.6 is 15.9 Å². The van der Waals surface area contributed by atoms with Crippen molar-refractivity contribution in [3.05, 3.63) is 28.7 Å². The Labute approximate surface area is 99.1 Å². The van der Waals surface area contributed by atoms with Crippen molar-refractivity contribution < 1.29 is 8.42 Å². The Balaban J connectivity index is 2.73. The molecule has 3 nitrogen and oxygen atoms in total. The smallest absolute Gasteiger partial charge is 0.232 e. The molecule has 1 aromatic rings. The molecule has 0 atom stereocenters. The van der Waals surface area contributed by atoms with Crippen molar-refractivity contribution in [3.8, 4) is 0 Å². The van der Waals surface area contributed by atoms with Crippen molar-refractivity contribution in [1.29, 1.82) is 0 Å². The predicted molar refractivity (Wildman–Crippen MR) is 66.4 cm³/mol. The van der Waals surface area contributed by atoms with Crippen LogP contribution in [0.4, 0.5) is 5.69 Å². The fourth-order valence-corrected chi connectivity index (χ4v) is 2.90. The highest BCUT2D eigenvalue weighted by Crippen LogP contribution is 2.15. The summed E-state index contributed by atoms with van der Waals surface area (Å²) in [7, 11) is -3.21. The van der Waals surface area contributed by atoms with E-state index in [0.717, 1.165) is 4.47 Å². The summed E-state index contributed by atoms with van der Waals surface area (Å²) in [6.07, 6.45) is 0. The first kappa shape index (κ1) is 12.5. The first-order chi connectivity index (χ1) is 6.89. The Morgan fingerprint density at radius 2 is 1.80 bits per heavy atom. The van der Waals surface area contributed by atoms with E-state index in [1.165, 1.54) is 0 Å². The van der Waals surface area contributed by atoms with Crippen molar-refractivity contribution in [1.82, 2.24) is 0 Å². The zero-order chi connectivity index (χ0) is 11.5. The predicted octanol–water partition coefficient (Wildman–Crippen LogP) is 2.85. The minimum absolute atomic E-state index is 0.123. The molecule has 1 aromatic carbocycles. The molecule has 0 saturated heterocycles. The Morgan fingerprint density at radius 3 is 2.27 bits per heavy atom. The van der Waals surface area contributed by atoms with Crippen LogP contribution < -0.4 is 4.72 Å². The molecule has 0 fully saturated rings. The highest BCUT2D eigenvalue weighted by Gasteiger charge is 2.12. The molecular formula is C10H14BrNO2S. The van der Waals surface area contributed by atoms with E-state index in [-0.39, 0.29) is 11.7 Å². The van der Waals surface area contributed by atoms with E-state index in [1.54, 1.807) is 24.3 Å². The number of halogens is 1. The molecule has 15 heavy (non-hydrogen) atoms. The quantitative estimate of drug-likeness (QED) is 0.927. The number of sulfonamides is 1. The molecule has 0 unspecified atom stereocenters. The summed E-state index contributed by atoms with van der Waals surface area (Å²) >= 11 is 3.29. The molecule has 0 aliphatic heterocycles. The molecule has 5 heteroatoms. The molecule has 0 amide bonds. The van der Waals surface area contributed by atoms with Crippen LogP contribution in [-0.4, -0.2) is 14.2 Å². The van der Waals surface area contributed by atoms with Crippen LogP contribution in [0.3, 0.4) is 0 Å². The van der Waals surface area contributed by atoms with E-state index < -0.39 is 10.0 Å². The Hall–Kier alpha value is -0.550. The lowest BCUT2D eigenvalue weighted by Crippen LogP contribution is -2.19. The Morgan fingerprint density at radius 1 is 1.27 bits per heavy atom. The first-order valence-electron chi connectivity index (χ1n) is 4.65. The maximum atomic E-state index is 11.6. The molecule has 1 N–H and O–H groups in total. The average molecular weight is 292 g/mol. The molecular weight excluding hydrogens is 278 g/mol. The van der Waals surface area contributed by atoms with Crippen LogP contribution in [0, 0.1) is 5.92 Å². The van der Waals surface area contributed by atoms with Gasteiger partial charge in [0.05, 0.1) is 5.75 Å². The lowest BCUT2D eigenvalue weighted by molar-refractivity contribution is 0.587. The van der Waals surface area contributed by atoms with Gasteiger partial charge in [-0.15, -0.1) is 0 Å². The highest BCUT2D eigenvalue weighted by atomic mass is 79.9. The second-order valence-electron chi connectivity index (χ2n) is 3.78. The van der Waals surface area contributed by atoms with Crippen molar-refractivity contribution in [2.24, 2.45) is 5.92 Å². The number of hydrogen-bond donors (Lipinski definition) is 1. The number of nitrogens with one attached hydrogen (secondary N) is 1. The topological polar surface area (TPSA) is 46.2 Å². The van der Waals surface area contributed by atoms with Gasteiger partial charge >= 0.3 is 0 Å². The van der Waals surface area contributed by atoms with Gasteiger partial charge in [0, 0.05) is 10.2 Å². The summed E-state index contributed by atoms with van der Waals surface area (Å²) in [6, 6.07) is 7.05. The van der Waals surface area contributed by atoms with E-state index in [9.17, 15) is 8.42 Å². The molecule has 1 rings (SSSR count). The van der Waals surface area contributed by atoms with Crippen LogP contribution in [0.1, 0.15) is 13.8 Å². The zero-order valence-electron chi connectivity index (χ0n) is 8.70. The van der Waals surface area contributed by atoms with Crippen molar-refractivity contribution in [2.75, 3.05) is 10.5 Å². The molecule has 0 radical (unpaired) electrons. The lowest BCUT2D eigenvalue weighted by atomic mass is 10.3. The molecule has 0 bridgehead atoms. The number of anilines is 1. The highest BCUT2D eigenvalue weighted by molar-refractivity contribution is 9.10. The summed E-state index contributed by atoms with van der Waals surface area (Å²) in [5.41, 5.74) is 0.596. The second-order valence-corrected chi connectivity index (χ2v) is 6.47. The van der Waals surface area contributed by atoms with Crippen molar-refractivity contribution >= 4 is 31.6 Å². The SMILES string of the molecule is CC(C)CS(=O)(=O)Nc1ccc(Br)cc1. The zero-order valence-corrected chi connectivity index (χ0v) is 11.1. The van der Waals surface area contributed by atoms with Gasteiger partial charge in [0.2, 0.25) is 10.0 Å². The molecule has 0 heterocycles. The van der Waals surface area contributed by atoms with E-state index >= 15 is 0 Å². The van der Waals surface area contributed by atoms with Gasteiger partial charge in [-0.2, -0.15) is 0 Å². The van der Waals surface area contributed by atoms with Gasteiger partial charge in [-0.05, 0) is 30.2 Å². The standard InChI is InChI=1S/C10H14BrNO2S/c1-8(2)7-15(13,14)12-10-5-3-9(11)4-6-10/h3-6,8,12H,7H2,1-2H3. The van der Waals surface area contributed by atoms with Crippen LogP contribution in [0.15, 0.2) is 28.7 Å². The third-order valence-corrected chi connectivity index (χ3v) is 3.85. The summed E-state index contributed by atoms with van der Waals surface area (Å²) < 4.78 is 26.6. The minimum atomic E-state index is -3.21. The number of benzene rings is 1. The van der Waals surface area contributed by atoms with E-state index in [1.807, 2.05) is 13.8 Å². The first-order valence-corrected chi connectivity index (χ1v) is 7.09. The van der Waals surface area contributed by atoms with Gasteiger partial charge in [-0.1, -0.05) is 29.8 Å². The molecule has 0 aliphatic rings. The lowest BCUT2D eigenvalue weighted by Gasteiger charge is -2.09. The fraction of sp³-hybridized carbons (Fsp3) is 0.400. The molecule has 0 aromatic heterocycles. The number of rotatable bonds is 4. The maximum absolute atomic E-state index is 11.6. The van der Waals surface area contributed by atoms with Gasteiger partial charge in [0.15, 0.2) is 0 Å². The molecule has 0 saturated carbocycles. The third-order valence-electron chi connectivity index (χ3n) is 1.67.